The number of hydrogen-bond donors (Lipinski definition) is 1. The maximum atomic E-state index is 11.4. The Bertz CT molecular complexity index is 459. The zero-order chi connectivity index (χ0) is 14.4. The van der Waals surface area contributed by atoms with Crippen LogP contribution in [-0.4, -0.2) is 44.2 Å². The molecule has 1 saturated heterocycles. The van der Waals surface area contributed by atoms with Gasteiger partial charge in [-0.05, 0) is 43.6 Å². The van der Waals surface area contributed by atoms with E-state index in [-0.39, 0.29) is 5.97 Å². The molecule has 0 unspecified atom stereocenters. The maximum Gasteiger partial charge on any atom is 0.337 e. The monoisotopic (exact) mass is 340 g/mol. The maximum absolute atomic E-state index is 11.4. The van der Waals surface area contributed by atoms with E-state index in [1.165, 1.54) is 33.0 Å². The van der Waals surface area contributed by atoms with E-state index < -0.39 is 0 Å². The van der Waals surface area contributed by atoms with Crippen LogP contribution in [0, 0.1) is 0 Å². The number of carbonyl (C=O) groups excluding carboxylic acids is 1. The van der Waals surface area contributed by atoms with Crippen molar-refractivity contribution in [1.82, 2.24) is 10.2 Å². The normalized spacial score (nSPS) is 15.5. The molecule has 0 bridgehead atoms. The zero-order valence-corrected chi connectivity index (χ0v) is 13.4. The molecule has 1 N–H and O–H groups in total. The summed E-state index contributed by atoms with van der Waals surface area (Å²) in [5.41, 5.74) is 1.72. The van der Waals surface area contributed by atoms with Crippen molar-refractivity contribution in [2.75, 3.05) is 33.3 Å². The lowest BCUT2D eigenvalue weighted by Crippen LogP contribution is -2.29. The van der Waals surface area contributed by atoms with Gasteiger partial charge in [-0.15, -0.1) is 0 Å². The second kappa shape index (κ2) is 7.76. The van der Waals surface area contributed by atoms with E-state index in [4.69, 9.17) is 4.74 Å². The number of likely N-dealkylation sites (tertiary alicyclic amines) is 1. The Morgan fingerprint density at radius 1 is 1.40 bits per heavy atom. The largest absolute Gasteiger partial charge is 0.465 e. The van der Waals surface area contributed by atoms with Gasteiger partial charge in [-0.2, -0.15) is 0 Å². The van der Waals surface area contributed by atoms with Gasteiger partial charge in [0.05, 0.1) is 12.7 Å². The second-order valence-corrected chi connectivity index (χ2v) is 5.88. The van der Waals surface area contributed by atoms with E-state index >= 15 is 0 Å². The molecular weight excluding hydrogens is 320 g/mol. The molecule has 2 rings (SSSR count). The van der Waals surface area contributed by atoms with Crippen molar-refractivity contribution in [2.24, 2.45) is 0 Å². The number of halogens is 1. The zero-order valence-electron chi connectivity index (χ0n) is 11.8. The molecule has 0 aromatic heterocycles. The SMILES string of the molecule is COC(=O)c1ccc(CNCCN2CCCC2)c(Br)c1. The van der Waals surface area contributed by atoms with Gasteiger partial charge >= 0.3 is 5.97 Å². The average Bonchev–Trinajstić information content (AvgIpc) is 2.97. The van der Waals surface area contributed by atoms with Crippen molar-refractivity contribution in [3.8, 4) is 0 Å². The number of carbonyl (C=O) groups is 1. The number of nitrogens with zero attached hydrogens (tertiary/aromatic N) is 1. The standard InChI is InChI=1S/C15H21BrN2O2/c1-20-15(19)12-4-5-13(14(16)10-12)11-17-6-9-18-7-2-3-8-18/h4-5,10,17H,2-3,6-9,11H2,1H3. The summed E-state index contributed by atoms with van der Waals surface area (Å²) in [6, 6.07) is 5.57. The lowest BCUT2D eigenvalue weighted by Gasteiger charge is -2.15. The number of nitrogens with one attached hydrogen (secondary N) is 1. The molecule has 1 fully saturated rings. The van der Waals surface area contributed by atoms with E-state index in [2.05, 4.69) is 26.1 Å². The Labute approximate surface area is 128 Å². The highest BCUT2D eigenvalue weighted by Crippen LogP contribution is 2.19. The van der Waals surface area contributed by atoms with Crippen LogP contribution >= 0.6 is 15.9 Å². The van der Waals surface area contributed by atoms with Crippen molar-refractivity contribution in [1.29, 1.82) is 0 Å². The van der Waals surface area contributed by atoms with Crippen LogP contribution in [0.4, 0.5) is 0 Å². The van der Waals surface area contributed by atoms with E-state index in [1.807, 2.05) is 12.1 Å². The Hall–Kier alpha value is -0.910. The van der Waals surface area contributed by atoms with Gasteiger partial charge in [0.15, 0.2) is 0 Å². The number of hydrogen-bond acceptors (Lipinski definition) is 4. The number of ether oxygens (including phenoxy) is 1. The minimum Gasteiger partial charge on any atom is -0.465 e. The molecule has 0 atom stereocenters. The molecule has 0 amide bonds. The third-order valence-electron chi connectivity index (χ3n) is 3.59. The van der Waals surface area contributed by atoms with Crippen molar-refractivity contribution in [3.05, 3.63) is 33.8 Å². The topological polar surface area (TPSA) is 41.6 Å². The summed E-state index contributed by atoms with van der Waals surface area (Å²) in [7, 11) is 1.39. The molecule has 1 aromatic carbocycles. The van der Waals surface area contributed by atoms with Crippen LogP contribution in [0.25, 0.3) is 0 Å². The third kappa shape index (κ3) is 4.30. The van der Waals surface area contributed by atoms with E-state index in [1.54, 1.807) is 6.07 Å². The Morgan fingerprint density at radius 3 is 2.80 bits per heavy atom. The first kappa shape index (κ1) is 15.5. The third-order valence-corrected chi connectivity index (χ3v) is 4.33. The lowest BCUT2D eigenvalue weighted by atomic mass is 10.1. The lowest BCUT2D eigenvalue weighted by molar-refractivity contribution is 0.0600. The molecule has 1 aliphatic rings. The van der Waals surface area contributed by atoms with Crippen LogP contribution in [0.3, 0.4) is 0 Å². The van der Waals surface area contributed by atoms with Crippen molar-refractivity contribution in [2.45, 2.75) is 19.4 Å². The summed E-state index contributed by atoms with van der Waals surface area (Å²) in [6.07, 6.45) is 2.67. The summed E-state index contributed by atoms with van der Waals surface area (Å²) in [5, 5.41) is 3.44. The van der Waals surface area contributed by atoms with Gasteiger partial charge in [-0.3, -0.25) is 0 Å². The number of benzene rings is 1. The minimum absolute atomic E-state index is 0.306. The van der Waals surface area contributed by atoms with Crippen LogP contribution in [0.1, 0.15) is 28.8 Å². The molecule has 1 aliphatic heterocycles. The predicted octanol–water partition coefficient (Wildman–Crippen LogP) is 2.42. The van der Waals surface area contributed by atoms with E-state index in [9.17, 15) is 4.79 Å². The van der Waals surface area contributed by atoms with Gasteiger partial charge in [0.2, 0.25) is 0 Å². The Kier molecular flexibility index (Phi) is 6.01. The molecule has 5 heteroatoms. The minimum atomic E-state index is -0.306. The summed E-state index contributed by atoms with van der Waals surface area (Å²) >= 11 is 3.50. The van der Waals surface area contributed by atoms with Crippen molar-refractivity contribution >= 4 is 21.9 Å². The van der Waals surface area contributed by atoms with Gasteiger partial charge in [0.1, 0.15) is 0 Å². The highest BCUT2D eigenvalue weighted by atomic mass is 79.9. The van der Waals surface area contributed by atoms with Crippen LogP contribution in [0.5, 0.6) is 0 Å². The van der Waals surface area contributed by atoms with Crippen LogP contribution in [-0.2, 0) is 11.3 Å². The second-order valence-electron chi connectivity index (χ2n) is 5.02. The van der Waals surface area contributed by atoms with Gasteiger partial charge in [-0.1, -0.05) is 22.0 Å². The van der Waals surface area contributed by atoms with Gasteiger partial charge < -0.3 is 15.0 Å². The summed E-state index contributed by atoms with van der Waals surface area (Å²) in [6.45, 7) is 5.37. The van der Waals surface area contributed by atoms with Crippen LogP contribution in [0.2, 0.25) is 0 Å². The molecule has 0 saturated carbocycles. The molecule has 0 spiro atoms. The Morgan fingerprint density at radius 2 is 2.15 bits per heavy atom. The van der Waals surface area contributed by atoms with Crippen molar-refractivity contribution in [3.63, 3.8) is 0 Å². The molecular formula is C15H21BrN2O2. The number of esters is 1. The number of methoxy groups -OCH3 is 1. The molecule has 110 valence electrons. The average molecular weight is 341 g/mol. The van der Waals surface area contributed by atoms with Crippen LogP contribution in [0.15, 0.2) is 22.7 Å². The smallest absolute Gasteiger partial charge is 0.337 e. The van der Waals surface area contributed by atoms with Gasteiger partial charge in [-0.25, -0.2) is 4.79 Å². The fraction of sp³-hybridized carbons (Fsp3) is 0.533. The molecule has 1 heterocycles. The van der Waals surface area contributed by atoms with Gasteiger partial charge in [0.25, 0.3) is 0 Å². The quantitative estimate of drug-likeness (QED) is 0.637. The summed E-state index contributed by atoms with van der Waals surface area (Å²) < 4.78 is 5.64. The van der Waals surface area contributed by atoms with E-state index in [0.29, 0.717) is 5.56 Å². The van der Waals surface area contributed by atoms with Crippen LogP contribution < -0.4 is 5.32 Å². The van der Waals surface area contributed by atoms with Crippen molar-refractivity contribution < 1.29 is 9.53 Å². The summed E-state index contributed by atoms with van der Waals surface area (Å²) in [4.78, 5) is 13.9. The fourth-order valence-electron chi connectivity index (χ4n) is 2.40. The van der Waals surface area contributed by atoms with E-state index in [0.717, 1.165) is 29.7 Å². The highest BCUT2D eigenvalue weighted by Gasteiger charge is 2.11. The molecule has 0 aliphatic carbocycles. The first-order chi connectivity index (χ1) is 9.70. The fourth-order valence-corrected chi connectivity index (χ4v) is 2.92. The molecule has 1 aromatic rings. The number of rotatable bonds is 6. The van der Waals surface area contributed by atoms with Gasteiger partial charge in [0, 0.05) is 24.1 Å². The highest BCUT2D eigenvalue weighted by molar-refractivity contribution is 9.10. The molecule has 20 heavy (non-hydrogen) atoms. The first-order valence-corrected chi connectivity index (χ1v) is 7.80. The predicted molar refractivity (Wildman–Crippen MR) is 82.9 cm³/mol. The molecule has 0 radical (unpaired) electrons. The molecule has 4 nitrogen and oxygen atoms in total. The Balaban J connectivity index is 1.79. The first-order valence-electron chi connectivity index (χ1n) is 7.00. The summed E-state index contributed by atoms with van der Waals surface area (Å²) in [5.74, 6) is -0.306.